The maximum atomic E-state index is 11.9. The van der Waals surface area contributed by atoms with Crippen molar-refractivity contribution in [2.45, 2.75) is 12.1 Å². The first-order valence-electron chi connectivity index (χ1n) is 8.08. The summed E-state index contributed by atoms with van der Waals surface area (Å²) in [6.07, 6.45) is 3.17. The van der Waals surface area contributed by atoms with E-state index in [0.29, 0.717) is 11.5 Å². The van der Waals surface area contributed by atoms with E-state index in [1.807, 2.05) is 22.7 Å². The molecular weight excluding hydrogens is 352 g/mol. The highest BCUT2D eigenvalue weighted by Crippen LogP contribution is 2.33. The molecular formula is C18H20N4O3S. The van der Waals surface area contributed by atoms with E-state index >= 15 is 0 Å². The van der Waals surface area contributed by atoms with E-state index in [4.69, 9.17) is 14.5 Å². The molecule has 26 heavy (non-hydrogen) atoms. The molecule has 0 aliphatic carbocycles. The van der Waals surface area contributed by atoms with E-state index in [1.54, 1.807) is 44.2 Å². The number of carbonyl (C=O) groups is 1. The van der Waals surface area contributed by atoms with Gasteiger partial charge in [-0.3, -0.25) is 4.40 Å². The van der Waals surface area contributed by atoms with Crippen LogP contribution in [0.4, 0.5) is 4.79 Å². The number of hydrogen-bond donors (Lipinski definition) is 0. The molecule has 2 aromatic heterocycles. The normalized spacial score (nSPS) is 10.8. The van der Waals surface area contributed by atoms with Crippen molar-refractivity contribution in [3.05, 3.63) is 36.7 Å². The number of nitrogens with zero attached hydrogens (tertiary/aromatic N) is 4. The van der Waals surface area contributed by atoms with Crippen LogP contribution in [-0.4, -0.2) is 52.3 Å². The Hall–Kier alpha value is -2.74. The zero-order valence-corrected chi connectivity index (χ0v) is 15.9. The van der Waals surface area contributed by atoms with Crippen molar-refractivity contribution in [2.24, 2.45) is 0 Å². The minimum Gasteiger partial charge on any atom is -0.493 e. The average molecular weight is 372 g/mol. The molecule has 0 saturated heterocycles. The molecule has 0 saturated carbocycles. The number of thioether (sulfide) groups is 1. The lowest BCUT2D eigenvalue weighted by Gasteiger charge is -2.14. The average Bonchev–Trinajstić information content (AvgIpc) is 3.10. The van der Waals surface area contributed by atoms with Gasteiger partial charge in [0.1, 0.15) is 5.65 Å². The molecule has 8 heteroatoms. The summed E-state index contributed by atoms with van der Waals surface area (Å²) in [5.74, 6) is 1.73. The Bertz CT molecular complexity index is 939. The van der Waals surface area contributed by atoms with Gasteiger partial charge >= 0.3 is 6.09 Å². The second-order valence-electron chi connectivity index (χ2n) is 5.64. The molecule has 2 heterocycles. The third-order valence-corrected chi connectivity index (χ3v) is 4.49. The monoisotopic (exact) mass is 372 g/mol. The van der Waals surface area contributed by atoms with Crippen LogP contribution in [-0.2, 0) is 0 Å². The molecule has 0 aliphatic heterocycles. The lowest BCUT2D eigenvalue weighted by molar-refractivity contribution is 0.170. The molecule has 0 fully saturated rings. The van der Waals surface area contributed by atoms with Gasteiger partial charge in [0.15, 0.2) is 16.7 Å². The number of rotatable bonds is 5. The maximum absolute atomic E-state index is 11.9. The van der Waals surface area contributed by atoms with Gasteiger partial charge in [-0.25, -0.2) is 14.8 Å². The molecule has 0 aliphatic rings. The summed E-state index contributed by atoms with van der Waals surface area (Å²) in [5.41, 5.74) is 2.38. The topological polar surface area (TPSA) is 69.0 Å². The minimum atomic E-state index is -0.473. The number of carbonyl (C=O) groups excluding carboxylic acids is 1. The van der Waals surface area contributed by atoms with Crippen LogP contribution in [0.1, 0.15) is 6.92 Å². The summed E-state index contributed by atoms with van der Waals surface area (Å²) in [5, 5.41) is 0.861. The second kappa shape index (κ2) is 7.65. The van der Waals surface area contributed by atoms with E-state index in [9.17, 15) is 4.79 Å². The highest BCUT2D eigenvalue weighted by molar-refractivity contribution is 7.99. The molecule has 3 rings (SSSR count). The van der Waals surface area contributed by atoms with Gasteiger partial charge in [0.05, 0.1) is 12.8 Å². The predicted octanol–water partition coefficient (Wildman–Crippen LogP) is 3.58. The highest BCUT2D eigenvalue weighted by atomic mass is 32.2. The third-order valence-electron chi connectivity index (χ3n) is 3.65. The number of fused-ring (bicyclic) bond motifs is 1. The fourth-order valence-electron chi connectivity index (χ4n) is 2.37. The summed E-state index contributed by atoms with van der Waals surface area (Å²) < 4.78 is 12.7. The van der Waals surface area contributed by atoms with Crippen LogP contribution in [0.25, 0.3) is 16.9 Å². The van der Waals surface area contributed by atoms with Crippen LogP contribution < -0.4 is 9.47 Å². The van der Waals surface area contributed by atoms with Gasteiger partial charge in [-0.2, -0.15) is 0 Å². The van der Waals surface area contributed by atoms with E-state index < -0.39 is 6.09 Å². The quantitative estimate of drug-likeness (QED) is 0.504. The van der Waals surface area contributed by atoms with Crippen molar-refractivity contribution in [3.63, 3.8) is 0 Å². The number of methoxy groups -OCH3 is 1. The Morgan fingerprint density at radius 3 is 2.77 bits per heavy atom. The maximum Gasteiger partial charge on any atom is 0.414 e. The zero-order valence-electron chi connectivity index (χ0n) is 15.1. The largest absolute Gasteiger partial charge is 0.493 e. The Balaban J connectivity index is 2.06. The molecule has 0 unspecified atom stereocenters. The number of amides is 1. The molecule has 0 spiro atoms. The first-order chi connectivity index (χ1) is 12.5. The van der Waals surface area contributed by atoms with Gasteiger partial charge in [0.25, 0.3) is 0 Å². The number of ether oxygens (including phenoxy) is 2. The molecule has 0 N–H and O–H groups in total. The highest BCUT2D eigenvalue weighted by Gasteiger charge is 2.15. The summed E-state index contributed by atoms with van der Waals surface area (Å²) in [6.45, 7) is 2.08. The molecule has 136 valence electrons. The van der Waals surface area contributed by atoms with Crippen molar-refractivity contribution < 1.29 is 14.3 Å². The standard InChI is InChI=1S/C18H20N4O3S/c1-5-26-17-20-13(11-16-19-8-9-22(16)17)12-6-7-14(24-4)15(10-12)25-18(23)21(2)3/h6-11H,5H2,1-4H3. The Labute approximate surface area is 156 Å². The number of imidazole rings is 1. The summed E-state index contributed by atoms with van der Waals surface area (Å²) >= 11 is 1.64. The molecule has 7 nitrogen and oxygen atoms in total. The van der Waals surface area contributed by atoms with E-state index in [-0.39, 0.29) is 0 Å². The van der Waals surface area contributed by atoms with Gasteiger partial charge in [0, 0.05) is 38.1 Å². The fraction of sp³-hybridized carbons (Fsp3) is 0.278. The van der Waals surface area contributed by atoms with E-state index in [2.05, 4.69) is 11.9 Å². The molecule has 3 aromatic rings. The smallest absolute Gasteiger partial charge is 0.414 e. The van der Waals surface area contributed by atoms with Gasteiger partial charge in [-0.05, 0) is 24.0 Å². The van der Waals surface area contributed by atoms with Crippen molar-refractivity contribution in [1.82, 2.24) is 19.3 Å². The summed E-state index contributed by atoms with van der Waals surface area (Å²) in [4.78, 5) is 22.4. The fourth-order valence-corrected chi connectivity index (χ4v) is 3.09. The number of benzene rings is 1. The zero-order chi connectivity index (χ0) is 18.7. The third kappa shape index (κ3) is 3.60. The Kier molecular flexibility index (Phi) is 5.32. The van der Waals surface area contributed by atoms with Crippen LogP contribution >= 0.6 is 11.8 Å². The van der Waals surface area contributed by atoms with Gasteiger partial charge in [-0.1, -0.05) is 18.7 Å². The van der Waals surface area contributed by atoms with Crippen molar-refractivity contribution >= 4 is 23.5 Å². The lowest BCUT2D eigenvalue weighted by Crippen LogP contribution is -2.25. The summed E-state index contributed by atoms with van der Waals surface area (Å²) in [6, 6.07) is 7.30. The van der Waals surface area contributed by atoms with E-state index in [1.165, 1.54) is 12.0 Å². The van der Waals surface area contributed by atoms with Gasteiger partial charge in [0.2, 0.25) is 0 Å². The van der Waals surface area contributed by atoms with Crippen LogP contribution in [0.15, 0.2) is 41.8 Å². The molecule has 0 radical (unpaired) electrons. The second-order valence-corrected chi connectivity index (χ2v) is 6.87. The van der Waals surface area contributed by atoms with Gasteiger partial charge < -0.3 is 14.4 Å². The molecule has 1 aromatic carbocycles. The van der Waals surface area contributed by atoms with Crippen molar-refractivity contribution in [3.8, 4) is 22.8 Å². The van der Waals surface area contributed by atoms with Crippen LogP contribution in [0.3, 0.4) is 0 Å². The molecule has 0 atom stereocenters. The van der Waals surface area contributed by atoms with E-state index in [0.717, 1.165) is 27.8 Å². The van der Waals surface area contributed by atoms with Crippen LogP contribution in [0.2, 0.25) is 0 Å². The first-order valence-corrected chi connectivity index (χ1v) is 9.06. The van der Waals surface area contributed by atoms with Crippen LogP contribution in [0, 0.1) is 0 Å². The number of aromatic nitrogens is 3. The summed E-state index contributed by atoms with van der Waals surface area (Å²) in [7, 11) is 4.79. The SMILES string of the molecule is CCSc1nc(-c2ccc(OC)c(OC(=O)N(C)C)c2)cc2nccn12. The molecule has 0 bridgehead atoms. The van der Waals surface area contributed by atoms with Crippen molar-refractivity contribution in [2.75, 3.05) is 27.0 Å². The van der Waals surface area contributed by atoms with Crippen LogP contribution in [0.5, 0.6) is 11.5 Å². The lowest BCUT2D eigenvalue weighted by atomic mass is 10.1. The predicted molar refractivity (Wildman–Crippen MR) is 101 cm³/mol. The van der Waals surface area contributed by atoms with Gasteiger partial charge in [-0.15, -0.1) is 0 Å². The minimum absolute atomic E-state index is 0.346. The molecule has 1 amide bonds. The van der Waals surface area contributed by atoms with Crippen molar-refractivity contribution in [1.29, 1.82) is 0 Å². The Morgan fingerprint density at radius 1 is 1.27 bits per heavy atom. The number of hydrogen-bond acceptors (Lipinski definition) is 6. The Morgan fingerprint density at radius 2 is 2.08 bits per heavy atom. The first kappa shape index (κ1) is 18.1.